The van der Waals surface area contributed by atoms with Crippen molar-refractivity contribution >= 4 is 22.4 Å². The van der Waals surface area contributed by atoms with Crippen LogP contribution in [0, 0.1) is 0 Å². The molecule has 0 heterocycles. The Morgan fingerprint density at radius 2 is 2.15 bits per heavy atom. The molecule has 80 valence electrons. The predicted molar refractivity (Wildman–Crippen MR) is 60.2 cm³/mol. The molecule has 0 spiro atoms. The van der Waals surface area contributed by atoms with Gasteiger partial charge in [0.05, 0.1) is 6.61 Å². The Labute approximate surface area is 88.5 Å². The van der Waals surface area contributed by atoms with Gasteiger partial charge in [0, 0.05) is 20.6 Å². The van der Waals surface area contributed by atoms with E-state index in [1.807, 2.05) is 0 Å². The molecule has 0 aliphatic rings. The van der Waals surface area contributed by atoms with Gasteiger partial charge < -0.3 is 13.9 Å². The number of thiol groups is 1. The van der Waals surface area contributed by atoms with Crippen LogP contribution in [0.2, 0.25) is 6.04 Å². The minimum absolute atomic E-state index is 0.0634. The Balaban J connectivity index is 3.25. The van der Waals surface area contributed by atoms with E-state index in [1.54, 1.807) is 14.2 Å². The first-order valence-electron chi connectivity index (χ1n) is 4.59. The van der Waals surface area contributed by atoms with Crippen LogP contribution >= 0.6 is 12.6 Å². The molecule has 3 nitrogen and oxygen atoms in total. The van der Waals surface area contributed by atoms with Gasteiger partial charge in [0.2, 0.25) is 0 Å². The highest BCUT2D eigenvalue weighted by Crippen LogP contribution is 2.01. The summed E-state index contributed by atoms with van der Waals surface area (Å²) in [4.78, 5) is 0. The fourth-order valence-electron chi connectivity index (χ4n) is 0.912. The molecule has 0 fully saturated rings. The van der Waals surface area contributed by atoms with Gasteiger partial charge in [-0.25, -0.2) is 0 Å². The van der Waals surface area contributed by atoms with Crippen LogP contribution in [0.1, 0.15) is 12.8 Å². The number of rotatable bonds is 9. The lowest BCUT2D eigenvalue weighted by Gasteiger charge is -2.15. The van der Waals surface area contributed by atoms with E-state index in [9.17, 15) is 0 Å². The average molecular weight is 224 g/mol. The standard InChI is InChI=1S/C8H20O3SSi/c1-9-5-4-8(10-2)11-13-7-3-6-12/h8,12H,3-7,13H2,1-2H3. The molecule has 0 N–H and O–H groups in total. The van der Waals surface area contributed by atoms with E-state index in [1.165, 1.54) is 6.04 Å². The fourth-order valence-corrected chi connectivity index (χ4v) is 2.74. The summed E-state index contributed by atoms with van der Waals surface area (Å²) >= 11 is 4.14. The van der Waals surface area contributed by atoms with Gasteiger partial charge in [0.25, 0.3) is 0 Å². The second-order valence-corrected chi connectivity index (χ2v) is 4.64. The first-order chi connectivity index (χ1) is 6.35. The van der Waals surface area contributed by atoms with E-state index in [2.05, 4.69) is 12.6 Å². The SMILES string of the molecule is COCCC(OC)O[SiH2]CCCS. The van der Waals surface area contributed by atoms with Crippen molar-refractivity contribution in [1.29, 1.82) is 0 Å². The average Bonchev–Trinajstić information content (AvgIpc) is 2.17. The van der Waals surface area contributed by atoms with Crippen LogP contribution in [0.3, 0.4) is 0 Å². The molecule has 0 saturated heterocycles. The minimum Gasteiger partial charge on any atom is -0.400 e. The topological polar surface area (TPSA) is 27.7 Å². The summed E-state index contributed by atoms with van der Waals surface area (Å²) in [6, 6.07) is 1.18. The predicted octanol–water partition coefficient (Wildman–Crippen LogP) is 0.834. The molecular weight excluding hydrogens is 204 g/mol. The van der Waals surface area contributed by atoms with Gasteiger partial charge in [0.1, 0.15) is 6.29 Å². The first-order valence-corrected chi connectivity index (χ1v) is 6.80. The molecular formula is C8H20O3SSi. The van der Waals surface area contributed by atoms with E-state index in [-0.39, 0.29) is 6.29 Å². The normalized spacial score (nSPS) is 14.1. The molecule has 0 aliphatic heterocycles. The molecule has 0 aromatic carbocycles. The van der Waals surface area contributed by atoms with Gasteiger partial charge >= 0.3 is 0 Å². The second-order valence-electron chi connectivity index (χ2n) is 2.75. The highest BCUT2D eigenvalue weighted by molar-refractivity contribution is 7.80. The fraction of sp³-hybridized carbons (Fsp3) is 1.00. The molecule has 0 radical (unpaired) electrons. The zero-order valence-corrected chi connectivity index (χ0v) is 10.8. The Morgan fingerprint density at radius 1 is 1.38 bits per heavy atom. The van der Waals surface area contributed by atoms with Crippen molar-refractivity contribution in [3.63, 3.8) is 0 Å². The summed E-state index contributed by atoms with van der Waals surface area (Å²) in [7, 11) is 2.94. The lowest BCUT2D eigenvalue weighted by molar-refractivity contribution is -0.0679. The second kappa shape index (κ2) is 10.5. The largest absolute Gasteiger partial charge is 0.400 e. The Morgan fingerprint density at radius 3 is 2.69 bits per heavy atom. The maximum Gasteiger partial charge on any atom is 0.165 e. The van der Waals surface area contributed by atoms with E-state index < -0.39 is 9.76 Å². The molecule has 0 aliphatic carbocycles. The molecule has 0 aromatic heterocycles. The molecule has 1 atom stereocenters. The van der Waals surface area contributed by atoms with Crippen LogP contribution in [-0.2, 0) is 13.9 Å². The highest BCUT2D eigenvalue weighted by Gasteiger charge is 2.05. The van der Waals surface area contributed by atoms with Gasteiger partial charge in [-0.15, -0.1) is 0 Å². The van der Waals surface area contributed by atoms with Gasteiger partial charge in [-0.05, 0) is 18.2 Å². The van der Waals surface area contributed by atoms with Crippen molar-refractivity contribution in [2.24, 2.45) is 0 Å². The maximum absolute atomic E-state index is 5.60. The lowest BCUT2D eigenvalue weighted by atomic mass is 10.4. The summed E-state index contributed by atoms with van der Waals surface area (Å²) in [5.41, 5.74) is 0. The van der Waals surface area contributed by atoms with Crippen molar-refractivity contribution in [3.8, 4) is 0 Å². The van der Waals surface area contributed by atoms with Crippen molar-refractivity contribution in [2.45, 2.75) is 25.2 Å². The first kappa shape index (κ1) is 13.4. The quantitative estimate of drug-likeness (QED) is 0.272. The third kappa shape index (κ3) is 8.77. The Hall–Kier alpha value is 0.447. The minimum atomic E-state index is -0.416. The highest BCUT2D eigenvalue weighted by atomic mass is 32.1. The van der Waals surface area contributed by atoms with Crippen molar-refractivity contribution < 1.29 is 13.9 Å². The van der Waals surface area contributed by atoms with Crippen molar-refractivity contribution in [1.82, 2.24) is 0 Å². The molecule has 0 bridgehead atoms. The third-order valence-corrected chi connectivity index (χ3v) is 3.39. The van der Waals surface area contributed by atoms with E-state index in [0.29, 0.717) is 6.61 Å². The van der Waals surface area contributed by atoms with Crippen LogP contribution in [0.4, 0.5) is 0 Å². The number of hydrogen-bond donors (Lipinski definition) is 1. The maximum atomic E-state index is 5.60. The number of ether oxygens (including phenoxy) is 2. The molecule has 5 heteroatoms. The molecule has 0 saturated carbocycles. The van der Waals surface area contributed by atoms with E-state index >= 15 is 0 Å². The number of hydrogen-bond acceptors (Lipinski definition) is 4. The van der Waals surface area contributed by atoms with E-state index in [4.69, 9.17) is 13.9 Å². The van der Waals surface area contributed by atoms with Crippen LogP contribution in [0.15, 0.2) is 0 Å². The third-order valence-electron chi connectivity index (χ3n) is 1.68. The van der Waals surface area contributed by atoms with E-state index in [0.717, 1.165) is 18.6 Å². The van der Waals surface area contributed by atoms with Gasteiger partial charge in [0.15, 0.2) is 9.76 Å². The van der Waals surface area contributed by atoms with Crippen molar-refractivity contribution in [3.05, 3.63) is 0 Å². The van der Waals surface area contributed by atoms with Gasteiger partial charge in [-0.3, -0.25) is 0 Å². The van der Waals surface area contributed by atoms with Crippen LogP contribution in [-0.4, -0.2) is 42.6 Å². The summed E-state index contributed by atoms with van der Waals surface area (Å²) < 4.78 is 15.7. The smallest absolute Gasteiger partial charge is 0.165 e. The van der Waals surface area contributed by atoms with Crippen LogP contribution < -0.4 is 0 Å². The molecule has 0 aromatic rings. The monoisotopic (exact) mass is 224 g/mol. The lowest BCUT2D eigenvalue weighted by Crippen LogP contribution is -2.19. The summed E-state index contributed by atoms with van der Waals surface area (Å²) in [6.45, 7) is 0.694. The van der Waals surface area contributed by atoms with Gasteiger partial charge in [-0.1, -0.05) is 0 Å². The summed E-state index contributed by atoms with van der Waals surface area (Å²) in [6.07, 6.45) is 1.91. The number of methoxy groups -OCH3 is 2. The summed E-state index contributed by atoms with van der Waals surface area (Å²) in [5, 5.41) is 0. The zero-order valence-electron chi connectivity index (χ0n) is 8.49. The zero-order chi connectivity index (χ0) is 9.94. The Bertz CT molecular complexity index is 105. The molecule has 0 rings (SSSR count). The molecule has 0 amide bonds. The van der Waals surface area contributed by atoms with Crippen LogP contribution in [0.5, 0.6) is 0 Å². The Kier molecular flexibility index (Phi) is 10.9. The van der Waals surface area contributed by atoms with Gasteiger partial charge in [-0.2, -0.15) is 12.6 Å². The molecule has 13 heavy (non-hydrogen) atoms. The van der Waals surface area contributed by atoms with Crippen molar-refractivity contribution in [2.75, 3.05) is 26.6 Å². The van der Waals surface area contributed by atoms with Crippen LogP contribution in [0.25, 0.3) is 0 Å². The summed E-state index contributed by atoms with van der Waals surface area (Å²) in [5.74, 6) is 0.950. The molecule has 1 unspecified atom stereocenters.